The van der Waals surface area contributed by atoms with Crippen LogP contribution in [0.15, 0.2) is 30.9 Å². The fraction of sp³-hybridized carbons (Fsp3) is 0.467. The van der Waals surface area contributed by atoms with Crippen LogP contribution in [-0.2, 0) is 0 Å². The van der Waals surface area contributed by atoms with Crippen LogP contribution in [0.25, 0.3) is 5.69 Å². The normalized spacial score (nSPS) is 20.9. The highest BCUT2D eigenvalue weighted by molar-refractivity contribution is 5.94. The topological polar surface area (TPSA) is 84.1 Å². The van der Waals surface area contributed by atoms with Crippen LogP contribution >= 0.6 is 0 Å². The molecule has 1 unspecified atom stereocenters. The Morgan fingerprint density at radius 1 is 1.41 bits per heavy atom. The van der Waals surface area contributed by atoms with Crippen molar-refractivity contribution < 1.29 is 9.90 Å². The van der Waals surface area contributed by atoms with E-state index in [9.17, 15) is 9.90 Å². The number of hydrogen-bond acceptors (Lipinski definition) is 5. The number of nitrogens with zero attached hydrogens (tertiary/aromatic N) is 5. The summed E-state index contributed by atoms with van der Waals surface area (Å²) in [4.78, 5) is 18.6. The highest BCUT2D eigenvalue weighted by atomic mass is 16.3. The molecule has 2 aromatic rings. The second-order valence-electron chi connectivity index (χ2n) is 6.30. The number of hydrogen-bond donors (Lipinski definition) is 1. The molecule has 7 heteroatoms. The minimum absolute atomic E-state index is 0.0746. The first-order valence-electron chi connectivity index (χ1n) is 7.26. The Hall–Kier alpha value is -2.28. The van der Waals surface area contributed by atoms with Gasteiger partial charge >= 0.3 is 0 Å². The lowest BCUT2D eigenvalue weighted by Crippen LogP contribution is -2.50. The Bertz CT molecular complexity index is 668. The zero-order valence-electron chi connectivity index (χ0n) is 12.7. The van der Waals surface area contributed by atoms with Crippen LogP contribution < -0.4 is 0 Å². The molecule has 0 bridgehead atoms. The summed E-state index contributed by atoms with van der Waals surface area (Å²) in [6, 6.07) is 1.75. The molecule has 1 N–H and O–H groups in total. The average Bonchev–Trinajstić information content (AvgIpc) is 3.04. The second kappa shape index (κ2) is 5.49. The maximum absolute atomic E-state index is 12.7. The zero-order valence-corrected chi connectivity index (χ0v) is 12.7. The monoisotopic (exact) mass is 301 g/mol. The number of aromatic nitrogens is 4. The van der Waals surface area contributed by atoms with E-state index in [0.717, 1.165) is 0 Å². The number of aliphatic hydroxyl groups is 1. The number of piperidine rings is 1. The first kappa shape index (κ1) is 14.6. The summed E-state index contributed by atoms with van der Waals surface area (Å²) in [5, 5.41) is 17.7. The quantitative estimate of drug-likeness (QED) is 0.890. The maximum atomic E-state index is 12.7. The Morgan fingerprint density at radius 3 is 2.91 bits per heavy atom. The molecule has 1 amide bonds. The van der Waals surface area contributed by atoms with Crippen molar-refractivity contribution in [2.45, 2.75) is 26.4 Å². The van der Waals surface area contributed by atoms with E-state index in [4.69, 9.17) is 0 Å². The van der Waals surface area contributed by atoms with E-state index in [0.29, 0.717) is 30.8 Å². The van der Waals surface area contributed by atoms with E-state index in [2.05, 4.69) is 15.3 Å². The van der Waals surface area contributed by atoms with Crippen LogP contribution in [0, 0.1) is 5.41 Å². The van der Waals surface area contributed by atoms with Gasteiger partial charge in [-0.1, -0.05) is 19.1 Å². The summed E-state index contributed by atoms with van der Waals surface area (Å²) < 4.78 is 1.56. The highest BCUT2D eigenvalue weighted by Crippen LogP contribution is 2.29. The average molecular weight is 301 g/mol. The van der Waals surface area contributed by atoms with Crippen LogP contribution in [0.3, 0.4) is 0 Å². The van der Waals surface area contributed by atoms with Gasteiger partial charge < -0.3 is 10.0 Å². The molecule has 0 aromatic carbocycles. The van der Waals surface area contributed by atoms with Gasteiger partial charge in [0.25, 0.3) is 5.91 Å². The van der Waals surface area contributed by atoms with Crippen molar-refractivity contribution in [1.29, 1.82) is 0 Å². The van der Waals surface area contributed by atoms with Gasteiger partial charge in [0, 0.05) is 24.7 Å². The third kappa shape index (κ3) is 2.71. The van der Waals surface area contributed by atoms with Gasteiger partial charge in [-0.25, -0.2) is 4.68 Å². The van der Waals surface area contributed by atoms with Crippen molar-refractivity contribution in [3.8, 4) is 5.69 Å². The van der Waals surface area contributed by atoms with Crippen LogP contribution in [0.4, 0.5) is 0 Å². The molecule has 0 radical (unpaired) electrons. The zero-order chi connectivity index (χ0) is 15.7. The molecule has 2 aromatic heterocycles. The van der Waals surface area contributed by atoms with E-state index < -0.39 is 0 Å². The lowest BCUT2D eigenvalue weighted by molar-refractivity contribution is -0.0182. The van der Waals surface area contributed by atoms with Gasteiger partial charge in [0.05, 0.1) is 35.9 Å². The van der Waals surface area contributed by atoms with Crippen molar-refractivity contribution >= 4 is 5.91 Å². The van der Waals surface area contributed by atoms with Gasteiger partial charge in [-0.15, -0.1) is 5.10 Å². The summed E-state index contributed by atoms with van der Waals surface area (Å²) in [5.74, 6) is -0.0746. The number of rotatable bonds is 2. The minimum atomic E-state index is -0.379. The van der Waals surface area contributed by atoms with Crippen molar-refractivity contribution in [3.63, 3.8) is 0 Å². The molecule has 1 aliphatic heterocycles. The molecular weight excluding hydrogens is 282 g/mol. The van der Waals surface area contributed by atoms with Crippen LogP contribution in [0.2, 0.25) is 0 Å². The first-order valence-corrected chi connectivity index (χ1v) is 7.26. The smallest absolute Gasteiger partial charge is 0.255 e. The van der Waals surface area contributed by atoms with Crippen molar-refractivity contribution in [2.75, 3.05) is 13.1 Å². The lowest BCUT2D eigenvalue weighted by atomic mass is 9.81. The van der Waals surface area contributed by atoms with Crippen LogP contribution in [-0.4, -0.2) is 55.1 Å². The lowest BCUT2D eigenvalue weighted by Gasteiger charge is -2.41. The first-order chi connectivity index (χ1) is 10.5. The third-order valence-corrected chi connectivity index (χ3v) is 4.12. The van der Waals surface area contributed by atoms with E-state index in [-0.39, 0.29) is 17.4 Å². The van der Waals surface area contributed by atoms with E-state index in [1.165, 1.54) is 0 Å². The Morgan fingerprint density at radius 2 is 2.23 bits per heavy atom. The summed E-state index contributed by atoms with van der Waals surface area (Å²) in [6.07, 6.45) is 6.68. The molecule has 1 fully saturated rings. The maximum Gasteiger partial charge on any atom is 0.255 e. The Balaban J connectivity index is 1.82. The van der Waals surface area contributed by atoms with Crippen LogP contribution in [0.5, 0.6) is 0 Å². The van der Waals surface area contributed by atoms with Crippen molar-refractivity contribution in [3.05, 3.63) is 36.4 Å². The predicted molar refractivity (Wildman–Crippen MR) is 79.5 cm³/mol. The van der Waals surface area contributed by atoms with E-state index >= 15 is 0 Å². The van der Waals surface area contributed by atoms with E-state index in [1.807, 2.05) is 13.8 Å². The van der Waals surface area contributed by atoms with Gasteiger partial charge in [-0.3, -0.25) is 9.78 Å². The van der Waals surface area contributed by atoms with Gasteiger partial charge in [0.1, 0.15) is 0 Å². The molecule has 1 atom stereocenters. The molecule has 3 heterocycles. The SMILES string of the molecule is CC1(C)CN(C(=O)c2cncc(-n3ccnn3)c2)CCC1O. The number of aliphatic hydroxyl groups excluding tert-OH is 1. The van der Waals surface area contributed by atoms with Crippen molar-refractivity contribution in [1.82, 2.24) is 24.9 Å². The van der Waals surface area contributed by atoms with Gasteiger partial charge in [-0.05, 0) is 12.5 Å². The van der Waals surface area contributed by atoms with E-state index in [1.54, 1.807) is 40.4 Å². The minimum Gasteiger partial charge on any atom is -0.392 e. The van der Waals surface area contributed by atoms with Gasteiger partial charge in [-0.2, -0.15) is 0 Å². The number of carbonyl (C=O) groups excluding carboxylic acids is 1. The molecule has 22 heavy (non-hydrogen) atoms. The summed E-state index contributed by atoms with van der Waals surface area (Å²) in [7, 11) is 0. The molecule has 1 saturated heterocycles. The number of amides is 1. The van der Waals surface area contributed by atoms with Crippen molar-refractivity contribution in [2.24, 2.45) is 5.41 Å². The molecule has 7 nitrogen and oxygen atoms in total. The third-order valence-electron chi connectivity index (χ3n) is 4.12. The largest absolute Gasteiger partial charge is 0.392 e. The molecule has 1 aliphatic rings. The molecule has 3 rings (SSSR count). The molecule has 0 spiro atoms. The standard InChI is InChI=1S/C15H19N5O2/c1-15(2)10-19(5-3-13(15)21)14(22)11-7-12(9-16-8-11)20-6-4-17-18-20/h4,6-9,13,21H,3,5,10H2,1-2H3. The molecule has 0 saturated carbocycles. The number of carbonyl (C=O) groups is 1. The Labute approximate surface area is 128 Å². The number of likely N-dealkylation sites (tertiary alicyclic amines) is 1. The molecule has 0 aliphatic carbocycles. The molecular formula is C15H19N5O2. The van der Waals surface area contributed by atoms with Crippen LogP contribution in [0.1, 0.15) is 30.6 Å². The Kier molecular flexibility index (Phi) is 3.66. The fourth-order valence-corrected chi connectivity index (χ4v) is 2.72. The predicted octanol–water partition coefficient (Wildman–Crippen LogP) is 0.895. The summed E-state index contributed by atoms with van der Waals surface area (Å²) >= 11 is 0. The number of pyridine rings is 1. The van der Waals surface area contributed by atoms with Gasteiger partial charge in [0.2, 0.25) is 0 Å². The summed E-state index contributed by atoms with van der Waals surface area (Å²) in [5.41, 5.74) is 0.907. The fourth-order valence-electron chi connectivity index (χ4n) is 2.72. The summed E-state index contributed by atoms with van der Waals surface area (Å²) in [6.45, 7) is 5.03. The second-order valence-corrected chi connectivity index (χ2v) is 6.30. The van der Waals surface area contributed by atoms with Gasteiger partial charge in [0.15, 0.2) is 0 Å². The molecule has 116 valence electrons. The highest BCUT2D eigenvalue weighted by Gasteiger charge is 2.36.